The van der Waals surface area contributed by atoms with Crippen molar-refractivity contribution >= 4 is 23.0 Å². The largest absolute Gasteiger partial charge is 0.772 e. The standard InChI is InChI=1S/C13H12F3N3O4S/c1-6-8(11(20)17-12-19-18-7(2)23-12)3-4-10(13(14,15)16)9(6)5-24(21)22/h3-4H,5H2,1-2H3,(H,21,22)(H,17,19,20)/p-1. The molecule has 0 fully saturated rings. The quantitative estimate of drug-likeness (QED) is 0.837. The zero-order valence-corrected chi connectivity index (χ0v) is 13.2. The highest BCUT2D eigenvalue weighted by atomic mass is 32.2. The lowest BCUT2D eigenvalue weighted by Crippen LogP contribution is -2.18. The van der Waals surface area contributed by atoms with Crippen LogP contribution in [0.25, 0.3) is 0 Å². The van der Waals surface area contributed by atoms with E-state index >= 15 is 0 Å². The fraction of sp³-hybridized carbons (Fsp3) is 0.308. The van der Waals surface area contributed by atoms with Gasteiger partial charge in [-0.15, -0.1) is 5.10 Å². The third kappa shape index (κ3) is 3.97. The number of rotatable bonds is 4. The van der Waals surface area contributed by atoms with Crippen molar-refractivity contribution in [1.82, 2.24) is 10.2 Å². The molecule has 1 aromatic carbocycles. The van der Waals surface area contributed by atoms with Gasteiger partial charge in [0.1, 0.15) is 0 Å². The Morgan fingerprint density at radius 2 is 2.00 bits per heavy atom. The van der Waals surface area contributed by atoms with Gasteiger partial charge in [-0.25, -0.2) is 0 Å². The van der Waals surface area contributed by atoms with E-state index < -0.39 is 40.0 Å². The Labute approximate surface area is 136 Å². The van der Waals surface area contributed by atoms with Gasteiger partial charge in [-0.1, -0.05) is 16.2 Å². The van der Waals surface area contributed by atoms with Crippen LogP contribution in [-0.4, -0.2) is 24.9 Å². The Balaban J connectivity index is 2.44. The Morgan fingerprint density at radius 1 is 1.33 bits per heavy atom. The first-order valence-corrected chi connectivity index (χ1v) is 7.71. The first-order chi connectivity index (χ1) is 11.1. The van der Waals surface area contributed by atoms with Crippen LogP contribution in [0.1, 0.15) is 32.9 Å². The van der Waals surface area contributed by atoms with Crippen molar-refractivity contribution in [3.05, 3.63) is 40.3 Å². The number of hydrogen-bond donors (Lipinski definition) is 1. The maximum Gasteiger partial charge on any atom is 0.416 e. The molecule has 0 aliphatic carbocycles. The van der Waals surface area contributed by atoms with Gasteiger partial charge < -0.3 is 8.97 Å². The molecule has 1 aromatic heterocycles. The van der Waals surface area contributed by atoms with Gasteiger partial charge in [0.2, 0.25) is 5.89 Å². The molecule has 0 radical (unpaired) electrons. The van der Waals surface area contributed by atoms with E-state index in [0.717, 1.165) is 6.07 Å². The number of amides is 1. The highest BCUT2D eigenvalue weighted by Gasteiger charge is 2.34. The van der Waals surface area contributed by atoms with E-state index in [1.807, 2.05) is 0 Å². The van der Waals surface area contributed by atoms with Crippen LogP contribution < -0.4 is 5.32 Å². The van der Waals surface area contributed by atoms with Gasteiger partial charge in [-0.05, 0) is 30.2 Å². The minimum Gasteiger partial charge on any atom is -0.772 e. The van der Waals surface area contributed by atoms with Crippen molar-refractivity contribution in [2.24, 2.45) is 0 Å². The third-order valence-electron chi connectivity index (χ3n) is 3.16. The normalized spacial score (nSPS) is 12.9. The van der Waals surface area contributed by atoms with Gasteiger partial charge in [0.05, 0.1) is 5.56 Å². The zero-order chi connectivity index (χ0) is 18.1. The fourth-order valence-electron chi connectivity index (χ4n) is 2.08. The van der Waals surface area contributed by atoms with Crippen LogP contribution in [0.4, 0.5) is 19.2 Å². The molecule has 0 spiro atoms. The number of alkyl halides is 3. The molecule has 0 saturated carbocycles. The van der Waals surface area contributed by atoms with Gasteiger partial charge in [-0.3, -0.25) is 14.3 Å². The molecular formula is C13H11F3N3O4S-. The van der Waals surface area contributed by atoms with Crippen molar-refractivity contribution in [3.63, 3.8) is 0 Å². The summed E-state index contributed by atoms with van der Waals surface area (Å²) in [7, 11) is 0. The summed E-state index contributed by atoms with van der Waals surface area (Å²) >= 11 is -2.75. The predicted molar refractivity (Wildman–Crippen MR) is 75.8 cm³/mol. The molecule has 24 heavy (non-hydrogen) atoms. The Bertz CT molecular complexity index is 804. The number of nitrogens with zero attached hydrogens (tertiary/aromatic N) is 2. The average molecular weight is 362 g/mol. The van der Waals surface area contributed by atoms with E-state index in [1.165, 1.54) is 13.8 Å². The van der Waals surface area contributed by atoms with Crippen LogP contribution in [0.5, 0.6) is 0 Å². The summed E-state index contributed by atoms with van der Waals surface area (Å²) in [6.07, 6.45) is -4.74. The molecule has 0 saturated heterocycles. The zero-order valence-electron chi connectivity index (χ0n) is 12.4. The molecule has 1 heterocycles. The maximum atomic E-state index is 13.0. The number of carbonyl (C=O) groups is 1. The summed E-state index contributed by atoms with van der Waals surface area (Å²) in [5, 5.41) is 9.28. The van der Waals surface area contributed by atoms with Crippen LogP contribution in [0.15, 0.2) is 16.5 Å². The highest BCUT2D eigenvalue weighted by molar-refractivity contribution is 7.78. The summed E-state index contributed by atoms with van der Waals surface area (Å²) in [4.78, 5) is 12.2. The topological polar surface area (TPSA) is 108 Å². The number of benzene rings is 1. The number of anilines is 1. The molecule has 2 rings (SSSR count). The summed E-state index contributed by atoms with van der Waals surface area (Å²) in [6, 6.07) is 1.42. The number of halogens is 3. The Kier molecular flexibility index (Phi) is 5.04. The molecule has 1 atom stereocenters. The smallest absolute Gasteiger partial charge is 0.416 e. The number of aromatic nitrogens is 2. The second kappa shape index (κ2) is 6.69. The second-order valence-electron chi connectivity index (χ2n) is 4.79. The van der Waals surface area contributed by atoms with E-state index in [0.29, 0.717) is 6.07 Å². The van der Waals surface area contributed by atoms with Gasteiger partial charge in [0.25, 0.3) is 5.91 Å². The van der Waals surface area contributed by atoms with E-state index in [9.17, 15) is 26.7 Å². The average Bonchev–Trinajstić information content (AvgIpc) is 2.84. The first kappa shape index (κ1) is 18.1. The Morgan fingerprint density at radius 3 is 2.50 bits per heavy atom. The minimum atomic E-state index is -4.74. The number of aryl methyl sites for hydroxylation is 1. The molecule has 7 nitrogen and oxygen atoms in total. The van der Waals surface area contributed by atoms with Crippen molar-refractivity contribution in [1.29, 1.82) is 0 Å². The third-order valence-corrected chi connectivity index (χ3v) is 3.68. The number of hydrogen-bond acceptors (Lipinski definition) is 6. The summed E-state index contributed by atoms with van der Waals surface area (Å²) in [5.74, 6) is -1.46. The first-order valence-electron chi connectivity index (χ1n) is 6.46. The molecule has 1 N–H and O–H groups in total. The number of carbonyl (C=O) groups excluding carboxylic acids is 1. The number of nitrogens with one attached hydrogen (secondary N) is 1. The summed E-state index contributed by atoms with van der Waals surface area (Å²) in [6.45, 7) is 2.74. The van der Waals surface area contributed by atoms with E-state index in [4.69, 9.17) is 4.42 Å². The monoisotopic (exact) mass is 362 g/mol. The molecule has 1 amide bonds. The van der Waals surface area contributed by atoms with Crippen LogP contribution in [0.2, 0.25) is 0 Å². The molecule has 2 aromatic rings. The Hall–Kier alpha value is -2.27. The molecule has 0 aliphatic rings. The SMILES string of the molecule is Cc1nnc(NC(=O)c2ccc(C(F)(F)F)c(CS(=O)[O-])c2C)o1. The van der Waals surface area contributed by atoms with Crippen molar-refractivity contribution in [2.75, 3.05) is 5.32 Å². The second-order valence-corrected chi connectivity index (χ2v) is 5.69. The van der Waals surface area contributed by atoms with Crippen LogP contribution in [-0.2, 0) is 23.0 Å². The highest BCUT2D eigenvalue weighted by Crippen LogP contribution is 2.35. The molecule has 1 unspecified atom stereocenters. The lowest BCUT2D eigenvalue weighted by atomic mass is 9.97. The lowest BCUT2D eigenvalue weighted by molar-refractivity contribution is -0.138. The van der Waals surface area contributed by atoms with Crippen LogP contribution in [0, 0.1) is 13.8 Å². The molecule has 0 bridgehead atoms. The van der Waals surface area contributed by atoms with E-state index in [2.05, 4.69) is 15.5 Å². The van der Waals surface area contributed by atoms with Gasteiger partial charge in [0, 0.05) is 18.2 Å². The molecule has 130 valence electrons. The van der Waals surface area contributed by atoms with E-state index in [1.54, 1.807) is 0 Å². The van der Waals surface area contributed by atoms with Gasteiger partial charge in [0.15, 0.2) is 0 Å². The predicted octanol–water partition coefficient (Wildman–Crippen LogP) is 2.34. The lowest BCUT2D eigenvalue weighted by Gasteiger charge is -2.18. The van der Waals surface area contributed by atoms with Crippen LogP contribution in [0.3, 0.4) is 0 Å². The van der Waals surface area contributed by atoms with Crippen molar-refractivity contribution in [3.8, 4) is 0 Å². The van der Waals surface area contributed by atoms with Crippen molar-refractivity contribution < 1.29 is 31.1 Å². The fourth-order valence-corrected chi connectivity index (χ4v) is 2.69. The summed E-state index contributed by atoms with van der Waals surface area (Å²) < 4.78 is 65.8. The van der Waals surface area contributed by atoms with Crippen LogP contribution >= 0.6 is 0 Å². The molecule has 11 heteroatoms. The molecular weight excluding hydrogens is 351 g/mol. The molecule has 0 aliphatic heterocycles. The van der Waals surface area contributed by atoms with Gasteiger partial charge >= 0.3 is 12.2 Å². The summed E-state index contributed by atoms with van der Waals surface area (Å²) in [5.41, 5.74) is -1.80. The minimum absolute atomic E-state index is 0.0947. The van der Waals surface area contributed by atoms with Gasteiger partial charge in [-0.2, -0.15) is 13.2 Å². The van der Waals surface area contributed by atoms with Crippen molar-refractivity contribution in [2.45, 2.75) is 25.8 Å². The maximum absolute atomic E-state index is 13.0. The van der Waals surface area contributed by atoms with E-state index in [-0.39, 0.29) is 23.0 Å².